The maximum atomic E-state index is 12.7. The molecule has 0 bridgehead atoms. The van der Waals surface area contributed by atoms with Crippen LogP contribution in [0.2, 0.25) is 0 Å². The second-order valence-corrected chi connectivity index (χ2v) is 7.01. The van der Waals surface area contributed by atoms with Crippen LogP contribution in [0, 0.1) is 20.8 Å². The normalized spacial score (nSPS) is 10.3. The number of rotatable bonds is 5. The van der Waals surface area contributed by atoms with Gasteiger partial charge < -0.3 is 15.4 Å². The minimum atomic E-state index is -0.310. The number of hydrogen-bond acceptors (Lipinski definition) is 3. The lowest BCUT2D eigenvalue weighted by Crippen LogP contribution is -2.16. The minimum absolute atomic E-state index is 0.264. The molecule has 3 rings (SSSR count). The first kappa shape index (κ1) is 20.1. The highest BCUT2D eigenvalue weighted by Gasteiger charge is 2.14. The van der Waals surface area contributed by atoms with Crippen LogP contribution in [0.15, 0.2) is 60.7 Å². The SMILES string of the molecule is COc1ccc(C)cc1NC(=O)c1cccc(C(=O)Nc2ccc(C)cc2C)c1. The molecule has 0 atom stereocenters. The number of methoxy groups -OCH3 is 1. The van der Waals surface area contributed by atoms with Crippen molar-refractivity contribution in [3.05, 3.63) is 88.5 Å². The quantitative estimate of drug-likeness (QED) is 0.637. The van der Waals surface area contributed by atoms with Crippen molar-refractivity contribution < 1.29 is 14.3 Å². The van der Waals surface area contributed by atoms with Crippen molar-refractivity contribution in [2.24, 2.45) is 0 Å². The van der Waals surface area contributed by atoms with Gasteiger partial charge in [0.1, 0.15) is 5.75 Å². The number of benzene rings is 3. The highest BCUT2D eigenvalue weighted by molar-refractivity contribution is 6.09. The molecule has 0 aromatic heterocycles. The van der Waals surface area contributed by atoms with Gasteiger partial charge in [-0.25, -0.2) is 0 Å². The third-order valence-corrected chi connectivity index (χ3v) is 4.62. The number of anilines is 2. The van der Waals surface area contributed by atoms with Gasteiger partial charge >= 0.3 is 0 Å². The Morgan fingerprint density at radius 2 is 1.31 bits per heavy atom. The van der Waals surface area contributed by atoms with Crippen molar-refractivity contribution >= 4 is 23.2 Å². The van der Waals surface area contributed by atoms with E-state index >= 15 is 0 Å². The zero-order valence-electron chi connectivity index (χ0n) is 17.0. The Morgan fingerprint density at radius 1 is 0.724 bits per heavy atom. The molecule has 0 aliphatic carbocycles. The number of aryl methyl sites for hydroxylation is 3. The lowest BCUT2D eigenvalue weighted by atomic mass is 10.1. The summed E-state index contributed by atoms with van der Waals surface area (Å²) in [7, 11) is 1.55. The van der Waals surface area contributed by atoms with Crippen LogP contribution in [0.4, 0.5) is 11.4 Å². The first-order valence-electron chi connectivity index (χ1n) is 9.32. The first-order chi connectivity index (χ1) is 13.9. The summed E-state index contributed by atoms with van der Waals surface area (Å²) in [5.41, 5.74) is 5.26. The van der Waals surface area contributed by atoms with E-state index in [0.29, 0.717) is 22.6 Å². The summed E-state index contributed by atoms with van der Waals surface area (Å²) in [6.07, 6.45) is 0. The van der Waals surface area contributed by atoms with Gasteiger partial charge in [0.05, 0.1) is 12.8 Å². The van der Waals surface area contributed by atoms with Gasteiger partial charge in [-0.15, -0.1) is 0 Å². The molecule has 29 heavy (non-hydrogen) atoms. The fraction of sp³-hybridized carbons (Fsp3) is 0.167. The van der Waals surface area contributed by atoms with Gasteiger partial charge in [0, 0.05) is 16.8 Å². The average molecular weight is 388 g/mol. The predicted molar refractivity (Wildman–Crippen MR) is 116 cm³/mol. The molecule has 0 saturated heterocycles. The molecule has 0 radical (unpaired) electrons. The van der Waals surface area contributed by atoms with Crippen LogP contribution in [0.5, 0.6) is 5.75 Å². The summed E-state index contributed by atoms with van der Waals surface area (Å²) in [5.74, 6) is 0.00231. The minimum Gasteiger partial charge on any atom is -0.495 e. The smallest absolute Gasteiger partial charge is 0.255 e. The van der Waals surface area contributed by atoms with Crippen LogP contribution in [0.1, 0.15) is 37.4 Å². The molecule has 0 fully saturated rings. The van der Waals surface area contributed by atoms with Gasteiger partial charge in [-0.1, -0.05) is 29.8 Å². The Labute approximate surface area is 170 Å². The van der Waals surface area contributed by atoms with Crippen LogP contribution in [0.25, 0.3) is 0 Å². The lowest BCUT2D eigenvalue weighted by Gasteiger charge is -2.12. The van der Waals surface area contributed by atoms with Crippen LogP contribution in [0.3, 0.4) is 0 Å². The number of ether oxygens (including phenoxy) is 1. The highest BCUT2D eigenvalue weighted by atomic mass is 16.5. The van der Waals surface area contributed by atoms with Crippen LogP contribution < -0.4 is 15.4 Å². The van der Waals surface area contributed by atoms with E-state index in [4.69, 9.17) is 4.74 Å². The molecule has 0 spiro atoms. The molecule has 148 valence electrons. The standard InChI is InChI=1S/C24H24N2O3/c1-15-8-10-20(17(3)12-15)25-23(27)18-6-5-7-19(14-18)24(28)26-21-13-16(2)9-11-22(21)29-4/h5-14H,1-4H3,(H,25,27)(H,26,28). The van der Waals surface area contributed by atoms with Gasteiger partial charge in [-0.2, -0.15) is 0 Å². The maximum absolute atomic E-state index is 12.7. The Morgan fingerprint density at radius 3 is 1.93 bits per heavy atom. The number of amides is 2. The van der Waals surface area contributed by atoms with Crippen molar-refractivity contribution in [2.45, 2.75) is 20.8 Å². The first-order valence-corrected chi connectivity index (χ1v) is 9.32. The Balaban J connectivity index is 1.79. The van der Waals surface area contributed by atoms with Gasteiger partial charge in [-0.3, -0.25) is 9.59 Å². The molecule has 2 N–H and O–H groups in total. The second kappa shape index (κ2) is 8.61. The Hall–Kier alpha value is -3.60. The largest absolute Gasteiger partial charge is 0.495 e. The molecule has 5 heteroatoms. The van der Waals surface area contributed by atoms with Gasteiger partial charge in [0.25, 0.3) is 11.8 Å². The summed E-state index contributed by atoms with van der Waals surface area (Å²) in [4.78, 5) is 25.4. The zero-order valence-corrected chi connectivity index (χ0v) is 17.0. The van der Waals surface area contributed by atoms with E-state index < -0.39 is 0 Å². The Bertz CT molecular complexity index is 1070. The van der Waals surface area contributed by atoms with E-state index in [2.05, 4.69) is 10.6 Å². The molecular formula is C24H24N2O3. The summed E-state index contributed by atoms with van der Waals surface area (Å²) >= 11 is 0. The predicted octanol–water partition coefficient (Wildman–Crippen LogP) is 5.13. The fourth-order valence-electron chi connectivity index (χ4n) is 3.06. The lowest BCUT2D eigenvalue weighted by molar-refractivity contribution is 0.102. The van der Waals surface area contributed by atoms with Crippen molar-refractivity contribution in [3.8, 4) is 5.75 Å². The Kier molecular flexibility index (Phi) is 5.98. The van der Waals surface area contributed by atoms with E-state index in [1.54, 1.807) is 37.4 Å². The summed E-state index contributed by atoms with van der Waals surface area (Å²) in [6, 6.07) is 18.0. The topological polar surface area (TPSA) is 67.4 Å². The van der Waals surface area contributed by atoms with Crippen molar-refractivity contribution in [1.29, 1.82) is 0 Å². The summed E-state index contributed by atoms with van der Waals surface area (Å²) < 4.78 is 5.31. The zero-order chi connectivity index (χ0) is 21.0. The molecule has 0 heterocycles. The second-order valence-electron chi connectivity index (χ2n) is 7.01. The van der Waals surface area contributed by atoms with Crippen LogP contribution >= 0.6 is 0 Å². The third kappa shape index (κ3) is 4.82. The van der Waals surface area contributed by atoms with E-state index in [9.17, 15) is 9.59 Å². The van der Waals surface area contributed by atoms with E-state index in [0.717, 1.165) is 22.4 Å². The molecule has 5 nitrogen and oxygen atoms in total. The highest BCUT2D eigenvalue weighted by Crippen LogP contribution is 2.26. The number of nitrogens with one attached hydrogen (secondary N) is 2. The summed E-state index contributed by atoms with van der Waals surface area (Å²) in [6.45, 7) is 5.89. The van der Waals surface area contributed by atoms with E-state index in [1.807, 2.05) is 51.1 Å². The van der Waals surface area contributed by atoms with Gasteiger partial charge in [0.15, 0.2) is 0 Å². The molecule has 0 aliphatic heterocycles. The molecule has 0 saturated carbocycles. The monoisotopic (exact) mass is 388 g/mol. The molecule has 0 aliphatic rings. The molecular weight excluding hydrogens is 364 g/mol. The van der Waals surface area contributed by atoms with Gasteiger partial charge in [-0.05, 0) is 68.3 Å². The van der Waals surface area contributed by atoms with Crippen molar-refractivity contribution in [2.75, 3.05) is 17.7 Å². The third-order valence-electron chi connectivity index (χ3n) is 4.62. The average Bonchev–Trinajstić information content (AvgIpc) is 2.70. The van der Waals surface area contributed by atoms with Crippen LogP contribution in [-0.4, -0.2) is 18.9 Å². The molecule has 2 amide bonds. The fourth-order valence-corrected chi connectivity index (χ4v) is 3.06. The van der Waals surface area contributed by atoms with Crippen LogP contribution in [-0.2, 0) is 0 Å². The molecule has 3 aromatic carbocycles. The number of carbonyl (C=O) groups excluding carboxylic acids is 2. The number of carbonyl (C=O) groups is 2. The maximum Gasteiger partial charge on any atom is 0.255 e. The van der Waals surface area contributed by atoms with Crippen molar-refractivity contribution in [3.63, 3.8) is 0 Å². The van der Waals surface area contributed by atoms with Crippen molar-refractivity contribution in [1.82, 2.24) is 0 Å². The molecule has 3 aromatic rings. The van der Waals surface area contributed by atoms with E-state index in [1.165, 1.54) is 0 Å². The van der Waals surface area contributed by atoms with Gasteiger partial charge in [0.2, 0.25) is 0 Å². The number of hydrogen-bond donors (Lipinski definition) is 2. The molecule has 0 unspecified atom stereocenters. The summed E-state index contributed by atoms with van der Waals surface area (Å²) in [5, 5.41) is 5.76. The van der Waals surface area contributed by atoms with E-state index in [-0.39, 0.29) is 11.8 Å².